The number of halogens is 2. The number of carbonyl (C=O) groups is 1. The molecule has 128 valence electrons. The normalized spacial score (nSPS) is 14.0. The Bertz CT molecular complexity index is 728. The number of nitrogens with zero attached hydrogens (tertiary/aromatic N) is 2. The molecule has 5 nitrogen and oxygen atoms in total. The van der Waals surface area contributed by atoms with Crippen molar-refractivity contribution in [3.63, 3.8) is 0 Å². The minimum absolute atomic E-state index is 0.0562. The number of aliphatic hydroxyl groups is 1. The number of benzene rings is 1. The van der Waals surface area contributed by atoms with Crippen molar-refractivity contribution >= 4 is 5.91 Å². The molecule has 3 rings (SSSR count). The molecule has 1 amide bonds. The van der Waals surface area contributed by atoms with Gasteiger partial charge in [-0.25, -0.2) is 13.8 Å². The summed E-state index contributed by atoms with van der Waals surface area (Å²) in [7, 11) is 0. The fraction of sp³-hybridized carbons (Fsp3) is 0.412. The summed E-state index contributed by atoms with van der Waals surface area (Å²) in [4.78, 5) is 17.9. The van der Waals surface area contributed by atoms with Gasteiger partial charge in [0, 0.05) is 31.5 Å². The van der Waals surface area contributed by atoms with E-state index in [1.54, 1.807) is 4.90 Å². The number of oxazole rings is 1. The molecule has 24 heavy (non-hydrogen) atoms. The average molecular weight is 336 g/mol. The number of aryl methyl sites for hydroxylation is 1. The molecule has 1 aromatic heterocycles. The highest BCUT2D eigenvalue weighted by Crippen LogP contribution is 2.28. The van der Waals surface area contributed by atoms with Crippen LogP contribution in [0.25, 0.3) is 11.3 Å². The van der Waals surface area contributed by atoms with E-state index in [4.69, 9.17) is 9.52 Å². The number of aliphatic hydroxyl groups excluding tert-OH is 1. The Kier molecular flexibility index (Phi) is 4.89. The summed E-state index contributed by atoms with van der Waals surface area (Å²) >= 11 is 0. The minimum atomic E-state index is -0.725. The Balaban J connectivity index is 1.62. The zero-order chi connectivity index (χ0) is 17.1. The molecule has 0 radical (unpaired) electrons. The largest absolute Gasteiger partial charge is 0.441 e. The molecule has 7 heteroatoms. The second kappa shape index (κ2) is 7.09. The minimum Gasteiger partial charge on any atom is -0.441 e. The molecule has 1 aliphatic carbocycles. The third-order valence-electron chi connectivity index (χ3n) is 3.95. The Morgan fingerprint density at radius 3 is 2.83 bits per heavy atom. The van der Waals surface area contributed by atoms with Crippen LogP contribution in [0.15, 0.2) is 28.8 Å². The summed E-state index contributed by atoms with van der Waals surface area (Å²) in [5.41, 5.74) is 0.126. The predicted molar refractivity (Wildman–Crippen MR) is 82.0 cm³/mol. The fourth-order valence-electron chi connectivity index (χ4n) is 2.60. The van der Waals surface area contributed by atoms with Crippen LogP contribution in [-0.4, -0.2) is 40.1 Å². The Morgan fingerprint density at radius 2 is 2.17 bits per heavy atom. The van der Waals surface area contributed by atoms with E-state index in [0.29, 0.717) is 12.4 Å². The highest BCUT2D eigenvalue weighted by atomic mass is 19.1. The van der Waals surface area contributed by atoms with E-state index in [2.05, 4.69) is 4.98 Å². The Morgan fingerprint density at radius 1 is 1.38 bits per heavy atom. The number of hydrogen-bond acceptors (Lipinski definition) is 4. The van der Waals surface area contributed by atoms with Crippen LogP contribution >= 0.6 is 0 Å². The first-order valence-electron chi connectivity index (χ1n) is 7.89. The lowest BCUT2D eigenvalue weighted by atomic mass is 10.2. The molecule has 1 fully saturated rings. The van der Waals surface area contributed by atoms with Crippen molar-refractivity contribution in [3.05, 3.63) is 41.9 Å². The summed E-state index contributed by atoms with van der Waals surface area (Å²) in [5, 5.41) is 9.04. The van der Waals surface area contributed by atoms with Gasteiger partial charge in [0.25, 0.3) is 0 Å². The van der Waals surface area contributed by atoms with E-state index in [-0.39, 0.29) is 42.7 Å². The first-order chi connectivity index (χ1) is 11.6. The fourth-order valence-corrected chi connectivity index (χ4v) is 2.60. The van der Waals surface area contributed by atoms with Crippen LogP contribution in [0.2, 0.25) is 0 Å². The monoisotopic (exact) mass is 336 g/mol. The molecule has 0 saturated heterocycles. The highest BCUT2D eigenvalue weighted by molar-refractivity contribution is 5.77. The van der Waals surface area contributed by atoms with Gasteiger partial charge in [-0.15, -0.1) is 0 Å². The van der Waals surface area contributed by atoms with Gasteiger partial charge in [-0.1, -0.05) is 0 Å². The van der Waals surface area contributed by atoms with Crippen molar-refractivity contribution in [1.82, 2.24) is 9.88 Å². The SMILES string of the molecule is O=C(CCc1ncc(-c2ccc(F)cc2F)o1)N(CCO)C1CC1. The van der Waals surface area contributed by atoms with Crippen LogP contribution in [0, 0.1) is 11.6 Å². The molecule has 0 unspecified atom stereocenters. The van der Waals surface area contributed by atoms with E-state index < -0.39 is 11.6 Å². The summed E-state index contributed by atoms with van der Waals surface area (Å²) in [5.74, 6) is -0.923. The van der Waals surface area contributed by atoms with E-state index >= 15 is 0 Å². The maximum absolute atomic E-state index is 13.7. The summed E-state index contributed by atoms with van der Waals surface area (Å²) in [6.45, 7) is 0.274. The zero-order valence-corrected chi connectivity index (χ0v) is 13.0. The lowest BCUT2D eigenvalue weighted by Gasteiger charge is -2.20. The quantitative estimate of drug-likeness (QED) is 0.844. The van der Waals surface area contributed by atoms with Crippen LogP contribution in [-0.2, 0) is 11.2 Å². The lowest BCUT2D eigenvalue weighted by molar-refractivity contribution is -0.132. The molecule has 0 spiro atoms. The van der Waals surface area contributed by atoms with Crippen molar-refractivity contribution in [2.45, 2.75) is 31.7 Å². The van der Waals surface area contributed by atoms with Gasteiger partial charge in [-0.05, 0) is 25.0 Å². The van der Waals surface area contributed by atoms with Crippen molar-refractivity contribution in [3.8, 4) is 11.3 Å². The first kappa shape index (κ1) is 16.6. The van der Waals surface area contributed by atoms with Crippen LogP contribution in [0.4, 0.5) is 8.78 Å². The van der Waals surface area contributed by atoms with Crippen LogP contribution in [0.5, 0.6) is 0 Å². The van der Waals surface area contributed by atoms with Crippen molar-refractivity contribution in [2.24, 2.45) is 0 Å². The zero-order valence-electron chi connectivity index (χ0n) is 13.0. The molecule has 0 aliphatic heterocycles. The van der Waals surface area contributed by atoms with E-state index in [1.165, 1.54) is 12.3 Å². The van der Waals surface area contributed by atoms with Gasteiger partial charge in [0.15, 0.2) is 11.7 Å². The van der Waals surface area contributed by atoms with Crippen molar-refractivity contribution < 1.29 is 23.1 Å². The van der Waals surface area contributed by atoms with Gasteiger partial charge in [0.2, 0.25) is 5.91 Å². The molecule has 1 N–H and O–H groups in total. The van der Waals surface area contributed by atoms with Gasteiger partial charge < -0.3 is 14.4 Å². The number of aromatic nitrogens is 1. The number of hydrogen-bond donors (Lipinski definition) is 1. The second-order valence-corrected chi connectivity index (χ2v) is 5.78. The third-order valence-corrected chi connectivity index (χ3v) is 3.95. The predicted octanol–water partition coefficient (Wildman–Crippen LogP) is 2.54. The third kappa shape index (κ3) is 3.79. The molecule has 1 saturated carbocycles. The second-order valence-electron chi connectivity index (χ2n) is 5.78. The van der Waals surface area contributed by atoms with Gasteiger partial charge in [-0.3, -0.25) is 4.79 Å². The first-order valence-corrected chi connectivity index (χ1v) is 7.89. The average Bonchev–Trinajstić information content (AvgIpc) is 3.28. The van der Waals surface area contributed by atoms with Crippen LogP contribution in [0.1, 0.15) is 25.2 Å². The smallest absolute Gasteiger partial charge is 0.223 e. The molecule has 0 bridgehead atoms. The number of rotatable bonds is 7. The van der Waals surface area contributed by atoms with Gasteiger partial charge in [-0.2, -0.15) is 0 Å². The Hall–Kier alpha value is -2.28. The maximum Gasteiger partial charge on any atom is 0.223 e. The molecule has 1 aliphatic rings. The highest BCUT2D eigenvalue weighted by Gasteiger charge is 2.31. The number of carbonyl (C=O) groups excluding carboxylic acids is 1. The van der Waals surface area contributed by atoms with E-state index in [1.807, 2.05) is 0 Å². The summed E-state index contributed by atoms with van der Waals surface area (Å²) in [6, 6.07) is 3.45. The van der Waals surface area contributed by atoms with Crippen molar-refractivity contribution in [2.75, 3.05) is 13.2 Å². The topological polar surface area (TPSA) is 66.6 Å². The Labute approximate surface area is 137 Å². The van der Waals surface area contributed by atoms with E-state index in [9.17, 15) is 13.6 Å². The van der Waals surface area contributed by atoms with Crippen LogP contribution < -0.4 is 0 Å². The van der Waals surface area contributed by atoms with Gasteiger partial charge >= 0.3 is 0 Å². The molecular formula is C17H18F2N2O3. The lowest BCUT2D eigenvalue weighted by Crippen LogP contribution is -2.35. The summed E-state index contributed by atoms with van der Waals surface area (Å²) < 4.78 is 32.1. The van der Waals surface area contributed by atoms with Gasteiger partial charge in [0.1, 0.15) is 11.6 Å². The standard InChI is InChI=1S/C17H18F2N2O3/c18-11-1-4-13(14(19)9-11)15-10-20-16(24-15)5-6-17(23)21(7-8-22)12-2-3-12/h1,4,9-10,12,22H,2-3,5-8H2. The molecular weight excluding hydrogens is 318 g/mol. The number of amides is 1. The molecule has 1 aromatic carbocycles. The molecule has 2 aromatic rings. The maximum atomic E-state index is 13.7. The van der Waals surface area contributed by atoms with Crippen molar-refractivity contribution in [1.29, 1.82) is 0 Å². The molecule has 1 heterocycles. The van der Waals surface area contributed by atoms with Crippen LogP contribution in [0.3, 0.4) is 0 Å². The summed E-state index contributed by atoms with van der Waals surface area (Å²) in [6.07, 6.45) is 3.80. The molecule has 0 atom stereocenters. The van der Waals surface area contributed by atoms with E-state index in [0.717, 1.165) is 25.0 Å². The van der Waals surface area contributed by atoms with Gasteiger partial charge in [0.05, 0.1) is 18.4 Å².